The van der Waals surface area contributed by atoms with Gasteiger partial charge < -0.3 is 10.1 Å². The highest BCUT2D eigenvalue weighted by molar-refractivity contribution is 5.39. The van der Waals surface area contributed by atoms with E-state index >= 15 is 0 Å². The van der Waals surface area contributed by atoms with Crippen molar-refractivity contribution < 1.29 is 13.5 Å². The molecular weight excluding hydrogens is 260 g/mol. The Morgan fingerprint density at radius 1 is 1.10 bits per heavy atom. The minimum atomic E-state index is -0.305. The SMILES string of the molecule is CCNCc1cc(F)ccc1Oc1ccc(F)c(C)c1. The molecule has 0 heterocycles. The topological polar surface area (TPSA) is 21.3 Å². The molecular formula is C16H17F2NO. The molecule has 0 aliphatic heterocycles. The molecule has 0 fully saturated rings. The third-order valence-electron chi connectivity index (χ3n) is 2.95. The molecule has 2 rings (SSSR count). The summed E-state index contributed by atoms with van der Waals surface area (Å²) >= 11 is 0. The third-order valence-corrected chi connectivity index (χ3v) is 2.95. The van der Waals surface area contributed by atoms with Gasteiger partial charge in [-0.15, -0.1) is 0 Å². The van der Waals surface area contributed by atoms with Gasteiger partial charge in [0.25, 0.3) is 0 Å². The molecule has 0 radical (unpaired) electrons. The summed E-state index contributed by atoms with van der Waals surface area (Å²) < 4.78 is 32.2. The Kier molecular flexibility index (Phi) is 4.69. The van der Waals surface area contributed by atoms with Crippen LogP contribution in [0.3, 0.4) is 0 Å². The second kappa shape index (κ2) is 6.48. The zero-order valence-corrected chi connectivity index (χ0v) is 11.5. The van der Waals surface area contributed by atoms with Gasteiger partial charge in [-0.2, -0.15) is 0 Å². The van der Waals surface area contributed by atoms with E-state index in [-0.39, 0.29) is 11.6 Å². The van der Waals surface area contributed by atoms with E-state index in [1.807, 2.05) is 6.92 Å². The Morgan fingerprint density at radius 2 is 1.90 bits per heavy atom. The Morgan fingerprint density at radius 3 is 2.60 bits per heavy atom. The van der Waals surface area contributed by atoms with Gasteiger partial charge in [0.05, 0.1) is 0 Å². The van der Waals surface area contributed by atoms with E-state index in [0.29, 0.717) is 23.6 Å². The van der Waals surface area contributed by atoms with Gasteiger partial charge in [0, 0.05) is 12.1 Å². The number of halogens is 2. The van der Waals surface area contributed by atoms with Crippen LogP contribution in [0.1, 0.15) is 18.1 Å². The number of ether oxygens (including phenoxy) is 1. The highest BCUT2D eigenvalue weighted by Gasteiger charge is 2.07. The molecule has 0 aliphatic rings. The predicted octanol–water partition coefficient (Wildman–Crippen LogP) is 4.18. The molecule has 4 heteroatoms. The van der Waals surface area contributed by atoms with E-state index in [4.69, 9.17) is 4.74 Å². The van der Waals surface area contributed by atoms with Gasteiger partial charge in [-0.25, -0.2) is 8.78 Å². The quantitative estimate of drug-likeness (QED) is 0.885. The lowest BCUT2D eigenvalue weighted by atomic mass is 10.2. The minimum Gasteiger partial charge on any atom is -0.457 e. The second-order valence-corrected chi connectivity index (χ2v) is 4.55. The summed E-state index contributed by atoms with van der Waals surface area (Å²) in [5.74, 6) is 0.525. The Bertz CT molecular complexity index is 599. The highest BCUT2D eigenvalue weighted by Crippen LogP contribution is 2.27. The van der Waals surface area contributed by atoms with Crippen LogP contribution < -0.4 is 10.1 Å². The van der Waals surface area contributed by atoms with Gasteiger partial charge in [0.1, 0.15) is 23.1 Å². The summed E-state index contributed by atoms with van der Waals surface area (Å²) in [4.78, 5) is 0. The molecule has 0 saturated heterocycles. The first kappa shape index (κ1) is 14.5. The first-order valence-corrected chi connectivity index (χ1v) is 6.53. The molecule has 106 valence electrons. The van der Waals surface area contributed by atoms with E-state index in [9.17, 15) is 8.78 Å². The number of hydrogen-bond acceptors (Lipinski definition) is 2. The van der Waals surface area contributed by atoms with E-state index < -0.39 is 0 Å². The van der Waals surface area contributed by atoms with Crippen LogP contribution in [-0.4, -0.2) is 6.54 Å². The normalized spacial score (nSPS) is 10.6. The minimum absolute atomic E-state index is 0.274. The molecule has 2 aromatic rings. The third kappa shape index (κ3) is 3.54. The molecule has 0 aromatic heterocycles. The van der Waals surface area contributed by atoms with Crippen molar-refractivity contribution in [1.29, 1.82) is 0 Å². The first-order valence-electron chi connectivity index (χ1n) is 6.53. The van der Waals surface area contributed by atoms with Crippen molar-refractivity contribution in [2.24, 2.45) is 0 Å². The van der Waals surface area contributed by atoms with Gasteiger partial charge in [-0.3, -0.25) is 0 Å². The average Bonchev–Trinajstić information content (AvgIpc) is 2.43. The predicted molar refractivity (Wildman–Crippen MR) is 75.0 cm³/mol. The summed E-state index contributed by atoms with van der Waals surface area (Å²) in [7, 11) is 0. The maximum atomic E-state index is 13.3. The molecule has 0 atom stereocenters. The molecule has 0 aliphatic carbocycles. The summed E-state index contributed by atoms with van der Waals surface area (Å²) in [5, 5.41) is 3.13. The number of hydrogen-bond donors (Lipinski definition) is 1. The number of rotatable bonds is 5. The monoisotopic (exact) mass is 277 g/mol. The van der Waals surface area contributed by atoms with Crippen LogP contribution in [0, 0.1) is 18.6 Å². The Hall–Kier alpha value is -1.94. The van der Waals surface area contributed by atoms with Crippen LogP contribution in [0.4, 0.5) is 8.78 Å². The zero-order chi connectivity index (χ0) is 14.5. The van der Waals surface area contributed by atoms with Crippen LogP contribution in [0.5, 0.6) is 11.5 Å². The molecule has 20 heavy (non-hydrogen) atoms. The van der Waals surface area contributed by atoms with Gasteiger partial charge >= 0.3 is 0 Å². The summed E-state index contributed by atoms with van der Waals surface area (Å²) in [6, 6.07) is 8.91. The first-order chi connectivity index (χ1) is 9.60. The van der Waals surface area contributed by atoms with Crippen LogP contribution in [-0.2, 0) is 6.54 Å². The van der Waals surface area contributed by atoms with Crippen molar-refractivity contribution >= 4 is 0 Å². The van der Waals surface area contributed by atoms with Gasteiger partial charge in [0.2, 0.25) is 0 Å². The fourth-order valence-electron chi connectivity index (χ4n) is 1.85. The Labute approximate surface area is 117 Å². The Balaban J connectivity index is 2.25. The molecule has 2 nitrogen and oxygen atoms in total. The molecule has 0 saturated carbocycles. The molecule has 1 N–H and O–H groups in total. The lowest BCUT2D eigenvalue weighted by Crippen LogP contribution is -2.12. The summed E-state index contributed by atoms with van der Waals surface area (Å²) in [5.41, 5.74) is 1.24. The van der Waals surface area contributed by atoms with Crippen LogP contribution >= 0.6 is 0 Å². The smallest absolute Gasteiger partial charge is 0.132 e. The number of benzene rings is 2. The standard InChI is InChI=1S/C16H17F2NO/c1-3-19-10-12-9-13(17)4-7-16(12)20-14-5-6-15(18)11(2)8-14/h4-9,19H,3,10H2,1-2H3. The van der Waals surface area contributed by atoms with Crippen molar-refractivity contribution in [1.82, 2.24) is 5.32 Å². The van der Waals surface area contributed by atoms with E-state index in [1.165, 1.54) is 18.2 Å². The number of nitrogens with one attached hydrogen (secondary N) is 1. The lowest BCUT2D eigenvalue weighted by molar-refractivity contribution is 0.468. The highest BCUT2D eigenvalue weighted by atomic mass is 19.1. The van der Waals surface area contributed by atoms with Gasteiger partial charge in [0.15, 0.2) is 0 Å². The van der Waals surface area contributed by atoms with Gasteiger partial charge in [-0.1, -0.05) is 6.92 Å². The average molecular weight is 277 g/mol. The molecule has 0 unspecified atom stereocenters. The van der Waals surface area contributed by atoms with Crippen molar-refractivity contribution in [3.63, 3.8) is 0 Å². The van der Waals surface area contributed by atoms with Crippen molar-refractivity contribution in [3.05, 3.63) is 59.2 Å². The van der Waals surface area contributed by atoms with E-state index in [1.54, 1.807) is 25.1 Å². The zero-order valence-electron chi connectivity index (χ0n) is 11.5. The van der Waals surface area contributed by atoms with Crippen LogP contribution in [0.25, 0.3) is 0 Å². The van der Waals surface area contributed by atoms with Gasteiger partial charge in [-0.05, 0) is 55.4 Å². The van der Waals surface area contributed by atoms with Crippen LogP contribution in [0.2, 0.25) is 0 Å². The molecule has 0 spiro atoms. The largest absolute Gasteiger partial charge is 0.457 e. The second-order valence-electron chi connectivity index (χ2n) is 4.55. The maximum Gasteiger partial charge on any atom is 0.132 e. The fraction of sp³-hybridized carbons (Fsp3) is 0.250. The molecule has 2 aromatic carbocycles. The van der Waals surface area contributed by atoms with E-state index in [0.717, 1.165) is 12.1 Å². The van der Waals surface area contributed by atoms with Crippen molar-refractivity contribution in [2.45, 2.75) is 20.4 Å². The number of aryl methyl sites for hydroxylation is 1. The van der Waals surface area contributed by atoms with Crippen molar-refractivity contribution in [2.75, 3.05) is 6.54 Å². The maximum absolute atomic E-state index is 13.3. The summed E-state index contributed by atoms with van der Waals surface area (Å²) in [6.45, 7) is 4.95. The molecule has 0 amide bonds. The fourth-order valence-corrected chi connectivity index (χ4v) is 1.85. The lowest BCUT2D eigenvalue weighted by Gasteiger charge is -2.12. The van der Waals surface area contributed by atoms with E-state index in [2.05, 4.69) is 5.32 Å². The summed E-state index contributed by atoms with van der Waals surface area (Å²) in [6.07, 6.45) is 0. The molecule has 0 bridgehead atoms. The van der Waals surface area contributed by atoms with Crippen molar-refractivity contribution in [3.8, 4) is 11.5 Å². The van der Waals surface area contributed by atoms with Crippen LogP contribution in [0.15, 0.2) is 36.4 Å².